The standard InChI is InChI=1S/C13H13NO2/c15-12-7-6-11-10(8-13(16)14(11)12)9-4-2-1-3-5-9/h1-5,10-11H,6-8H2/t10-,11+/m0/s1. The van der Waals surface area contributed by atoms with Crippen molar-refractivity contribution in [1.29, 1.82) is 0 Å². The molecule has 0 saturated carbocycles. The first kappa shape index (κ1) is 9.58. The van der Waals surface area contributed by atoms with Crippen LogP contribution in [0.15, 0.2) is 30.3 Å². The molecule has 2 aliphatic heterocycles. The van der Waals surface area contributed by atoms with Gasteiger partial charge in [0.15, 0.2) is 0 Å². The molecule has 2 saturated heterocycles. The van der Waals surface area contributed by atoms with Crippen LogP contribution in [-0.2, 0) is 9.59 Å². The van der Waals surface area contributed by atoms with E-state index in [0.717, 1.165) is 6.42 Å². The fourth-order valence-electron chi connectivity index (χ4n) is 2.87. The summed E-state index contributed by atoms with van der Waals surface area (Å²) < 4.78 is 0. The number of benzene rings is 1. The third kappa shape index (κ3) is 1.28. The number of carbonyl (C=O) groups excluding carboxylic acids is 2. The molecule has 0 spiro atoms. The molecule has 82 valence electrons. The molecule has 3 nitrogen and oxygen atoms in total. The van der Waals surface area contributed by atoms with E-state index in [1.165, 1.54) is 10.5 Å². The maximum absolute atomic E-state index is 11.8. The highest BCUT2D eigenvalue weighted by atomic mass is 16.2. The average Bonchev–Trinajstić information content (AvgIpc) is 2.83. The van der Waals surface area contributed by atoms with Crippen molar-refractivity contribution in [1.82, 2.24) is 4.90 Å². The predicted molar refractivity (Wildman–Crippen MR) is 58.7 cm³/mol. The van der Waals surface area contributed by atoms with E-state index in [4.69, 9.17) is 0 Å². The summed E-state index contributed by atoms with van der Waals surface area (Å²) in [6, 6.07) is 10.1. The first-order valence-electron chi connectivity index (χ1n) is 5.67. The lowest BCUT2D eigenvalue weighted by Gasteiger charge is -2.18. The molecule has 0 bridgehead atoms. The van der Waals surface area contributed by atoms with Gasteiger partial charge < -0.3 is 0 Å². The number of imide groups is 1. The molecule has 0 radical (unpaired) electrons. The Kier molecular flexibility index (Phi) is 2.06. The highest BCUT2D eigenvalue weighted by Gasteiger charge is 2.47. The molecule has 0 unspecified atom stereocenters. The van der Waals surface area contributed by atoms with Gasteiger partial charge in [0.05, 0.1) is 0 Å². The summed E-state index contributed by atoms with van der Waals surface area (Å²) in [5.41, 5.74) is 1.18. The Labute approximate surface area is 94.1 Å². The topological polar surface area (TPSA) is 37.4 Å². The fourth-order valence-corrected chi connectivity index (χ4v) is 2.87. The molecule has 2 aliphatic rings. The summed E-state index contributed by atoms with van der Waals surface area (Å²) in [4.78, 5) is 24.8. The first-order chi connectivity index (χ1) is 7.77. The van der Waals surface area contributed by atoms with Crippen LogP contribution in [-0.4, -0.2) is 22.8 Å². The summed E-state index contributed by atoms with van der Waals surface area (Å²) in [6.07, 6.45) is 1.84. The summed E-state index contributed by atoms with van der Waals surface area (Å²) in [6.45, 7) is 0. The minimum Gasteiger partial charge on any atom is -0.279 e. The molecular formula is C13H13NO2. The van der Waals surface area contributed by atoms with Crippen LogP contribution >= 0.6 is 0 Å². The number of nitrogens with zero attached hydrogens (tertiary/aromatic N) is 1. The molecule has 0 N–H and O–H groups in total. The van der Waals surface area contributed by atoms with Gasteiger partial charge in [-0.3, -0.25) is 14.5 Å². The second-order valence-electron chi connectivity index (χ2n) is 4.48. The number of rotatable bonds is 1. The summed E-state index contributed by atoms with van der Waals surface area (Å²) in [5, 5.41) is 0. The van der Waals surface area contributed by atoms with Crippen molar-refractivity contribution in [3.63, 3.8) is 0 Å². The van der Waals surface area contributed by atoms with Crippen LogP contribution in [0.25, 0.3) is 0 Å². The van der Waals surface area contributed by atoms with Crippen molar-refractivity contribution in [3.8, 4) is 0 Å². The highest BCUT2D eigenvalue weighted by molar-refractivity contribution is 5.99. The minimum atomic E-state index is 0.00125. The Balaban J connectivity index is 1.95. The second kappa shape index (κ2) is 3.44. The average molecular weight is 215 g/mol. The number of carbonyl (C=O) groups is 2. The van der Waals surface area contributed by atoms with Crippen molar-refractivity contribution in [2.24, 2.45) is 0 Å². The maximum Gasteiger partial charge on any atom is 0.230 e. The van der Waals surface area contributed by atoms with Crippen LogP contribution in [0.4, 0.5) is 0 Å². The number of hydrogen-bond donors (Lipinski definition) is 0. The zero-order valence-corrected chi connectivity index (χ0v) is 8.93. The summed E-state index contributed by atoms with van der Waals surface area (Å²) in [7, 11) is 0. The van der Waals surface area contributed by atoms with Crippen LogP contribution in [0.5, 0.6) is 0 Å². The van der Waals surface area contributed by atoms with Crippen molar-refractivity contribution in [2.75, 3.05) is 0 Å². The van der Waals surface area contributed by atoms with Crippen molar-refractivity contribution in [3.05, 3.63) is 35.9 Å². The Morgan fingerprint density at radius 3 is 2.56 bits per heavy atom. The molecule has 3 rings (SSSR count). The Morgan fingerprint density at radius 2 is 1.81 bits per heavy atom. The number of amides is 2. The van der Waals surface area contributed by atoms with Gasteiger partial charge in [0.1, 0.15) is 0 Å². The molecule has 2 fully saturated rings. The minimum absolute atomic E-state index is 0.00125. The van der Waals surface area contributed by atoms with Crippen LogP contribution in [0, 0.1) is 0 Å². The van der Waals surface area contributed by atoms with Gasteiger partial charge in [0, 0.05) is 24.8 Å². The van der Waals surface area contributed by atoms with Crippen LogP contribution in [0.2, 0.25) is 0 Å². The van der Waals surface area contributed by atoms with Gasteiger partial charge in [0.25, 0.3) is 0 Å². The van der Waals surface area contributed by atoms with Gasteiger partial charge in [0.2, 0.25) is 11.8 Å². The van der Waals surface area contributed by atoms with E-state index in [-0.39, 0.29) is 23.8 Å². The third-order valence-corrected chi connectivity index (χ3v) is 3.61. The fraction of sp³-hybridized carbons (Fsp3) is 0.385. The van der Waals surface area contributed by atoms with Gasteiger partial charge in [-0.1, -0.05) is 30.3 Å². The molecule has 3 heteroatoms. The third-order valence-electron chi connectivity index (χ3n) is 3.61. The molecule has 1 aromatic rings. The highest BCUT2D eigenvalue weighted by Crippen LogP contribution is 2.40. The van der Waals surface area contributed by atoms with E-state index < -0.39 is 0 Å². The van der Waals surface area contributed by atoms with Crippen LogP contribution < -0.4 is 0 Å². The first-order valence-corrected chi connectivity index (χ1v) is 5.67. The van der Waals surface area contributed by atoms with Crippen molar-refractivity contribution >= 4 is 11.8 Å². The monoisotopic (exact) mass is 215 g/mol. The number of fused-ring (bicyclic) bond motifs is 1. The van der Waals surface area contributed by atoms with E-state index in [9.17, 15) is 9.59 Å². The van der Waals surface area contributed by atoms with Crippen LogP contribution in [0.3, 0.4) is 0 Å². The van der Waals surface area contributed by atoms with Crippen molar-refractivity contribution in [2.45, 2.75) is 31.2 Å². The Morgan fingerprint density at radius 1 is 1.06 bits per heavy atom. The lowest BCUT2D eigenvalue weighted by Crippen LogP contribution is -2.32. The predicted octanol–water partition coefficient (Wildman–Crippen LogP) is 1.69. The van der Waals surface area contributed by atoms with Crippen LogP contribution in [0.1, 0.15) is 30.7 Å². The Bertz CT molecular complexity index is 441. The molecule has 0 aliphatic carbocycles. The van der Waals surface area contributed by atoms with E-state index in [0.29, 0.717) is 12.8 Å². The summed E-state index contributed by atoms with van der Waals surface area (Å²) >= 11 is 0. The van der Waals surface area contributed by atoms with Gasteiger partial charge in [-0.25, -0.2) is 0 Å². The van der Waals surface area contributed by atoms with Gasteiger partial charge in [-0.15, -0.1) is 0 Å². The molecule has 16 heavy (non-hydrogen) atoms. The Hall–Kier alpha value is -1.64. The van der Waals surface area contributed by atoms with E-state index in [1.807, 2.05) is 30.3 Å². The SMILES string of the molecule is O=C1CC[C@@H]2[C@H](c3ccccc3)CC(=O)N12. The molecular weight excluding hydrogens is 202 g/mol. The molecule has 1 aromatic carbocycles. The smallest absolute Gasteiger partial charge is 0.230 e. The zero-order valence-electron chi connectivity index (χ0n) is 8.93. The lowest BCUT2D eigenvalue weighted by atomic mass is 9.90. The molecule has 2 atom stereocenters. The maximum atomic E-state index is 11.8. The largest absolute Gasteiger partial charge is 0.279 e. The van der Waals surface area contributed by atoms with Gasteiger partial charge in [-0.05, 0) is 12.0 Å². The number of hydrogen-bond acceptors (Lipinski definition) is 2. The van der Waals surface area contributed by atoms with E-state index in [2.05, 4.69) is 0 Å². The molecule has 2 amide bonds. The lowest BCUT2D eigenvalue weighted by molar-refractivity contribution is -0.140. The van der Waals surface area contributed by atoms with E-state index in [1.54, 1.807) is 0 Å². The quantitative estimate of drug-likeness (QED) is 0.668. The second-order valence-corrected chi connectivity index (χ2v) is 4.48. The van der Waals surface area contributed by atoms with E-state index >= 15 is 0 Å². The zero-order chi connectivity index (χ0) is 11.1. The summed E-state index contributed by atoms with van der Waals surface area (Å²) in [5.74, 6) is 0.218. The van der Waals surface area contributed by atoms with Gasteiger partial charge in [-0.2, -0.15) is 0 Å². The van der Waals surface area contributed by atoms with Gasteiger partial charge >= 0.3 is 0 Å². The van der Waals surface area contributed by atoms with Crippen molar-refractivity contribution < 1.29 is 9.59 Å². The molecule has 0 aromatic heterocycles. The normalized spacial score (nSPS) is 28.6. The molecule has 2 heterocycles.